The predicted octanol–water partition coefficient (Wildman–Crippen LogP) is 4.06. The molecule has 2 rings (SSSR count). The molecule has 0 amide bonds. The third-order valence-electron chi connectivity index (χ3n) is 4.51. The van der Waals surface area contributed by atoms with E-state index in [4.69, 9.17) is 0 Å². The van der Waals surface area contributed by atoms with E-state index in [0.29, 0.717) is 0 Å². The third-order valence-corrected chi connectivity index (χ3v) is 4.51. The number of nitrogens with zero attached hydrogens (tertiary/aromatic N) is 2. The van der Waals surface area contributed by atoms with E-state index in [9.17, 15) is 0 Å². The average molecular weight is 311 g/mol. The molecule has 1 aromatic carbocycles. The van der Waals surface area contributed by atoms with E-state index in [2.05, 4.69) is 59.7 Å². The van der Waals surface area contributed by atoms with Crippen LogP contribution in [0, 0.1) is 6.92 Å². The van der Waals surface area contributed by atoms with E-state index in [1.807, 2.05) is 7.05 Å². The third kappa shape index (κ3) is 4.72. The molecular formula is C20H29N3. The molecule has 0 fully saturated rings. The highest BCUT2D eigenvalue weighted by atomic mass is 15.1. The van der Waals surface area contributed by atoms with Crippen molar-refractivity contribution in [2.75, 3.05) is 20.1 Å². The van der Waals surface area contributed by atoms with Gasteiger partial charge in [-0.3, -0.25) is 4.99 Å². The van der Waals surface area contributed by atoms with Crippen molar-refractivity contribution in [3.8, 4) is 0 Å². The summed E-state index contributed by atoms with van der Waals surface area (Å²) in [6.45, 7) is 12.6. The predicted molar refractivity (Wildman–Crippen MR) is 99.7 cm³/mol. The van der Waals surface area contributed by atoms with Crippen molar-refractivity contribution in [1.82, 2.24) is 10.2 Å². The van der Waals surface area contributed by atoms with Gasteiger partial charge in [0, 0.05) is 31.5 Å². The Morgan fingerprint density at radius 2 is 1.91 bits per heavy atom. The topological polar surface area (TPSA) is 27.6 Å². The number of nitrogens with one attached hydrogen (secondary N) is 1. The largest absolute Gasteiger partial charge is 0.388 e. The molecule has 0 saturated carbocycles. The molecule has 3 heteroatoms. The van der Waals surface area contributed by atoms with Gasteiger partial charge in [-0.25, -0.2) is 0 Å². The van der Waals surface area contributed by atoms with Crippen LogP contribution in [0.15, 0.2) is 52.8 Å². The summed E-state index contributed by atoms with van der Waals surface area (Å²) in [5.74, 6) is 0. The molecule has 0 aliphatic heterocycles. The summed E-state index contributed by atoms with van der Waals surface area (Å²) < 4.78 is 0. The van der Waals surface area contributed by atoms with Crippen molar-refractivity contribution in [3.63, 3.8) is 0 Å². The number of hydrogen-bond donors (Lipinski definition) is 1. The van der Waals surface area contributed by atoms with Crippen LogP contribution >= 0.6 is 0 Å². The van der Waals surface area contributed by atoms with Crippen LogP contribution in [-0.2, 0) is 6.54 Å². The highest BCUT2D eigenvalue weighted by Gasteiger charge is 2.20. The molecule has 0 spiro atoms. The molecule has 0 heterocycles. The second kappa shape index (κ2) is 8.56. The van der Waals surface area contributed by atoms with Gasteiger partial charge in [0.05, 0.1) is 6.54 Å². The molecule has 23 heavy (non-hydrogen) atoms. The summed E-state index contributed by atoms with van der Waals surface area (Å²) in [5, 5.41) is 3.23. The summed E-state index contributed by atoms with van der Waals surface area (Å²) >= 11 is 0. The summed E-state index contributed by atoms with van der Waals surface area (Å²) in [6, 6.07) is 8.81. The Hall–Kier alpha value is -2.03. The minimum atomic E-state index is 0.759. The fourth-order valence-electron chi connectivity index (χ4n) is 3.13. The van der Waals surface area contributed by atoms with E-state index < -0.39 is 0 Å². The molecule has 3 nitrogen and oxygen atoms in total. The molecule has 0 bridgehead atoms. The van der Waals surface area contributed by atoms with Gasteiger partial charge in [-0.1, -0.05) is 36.4 Å². The van der Waals surface area contributed by atoms with E-state index in [1.165, 1.54) is 35.2 Å². The maximum atomic E-state index is 4.20. The number of likely N-dealkylation sites (N-methyl/N-ethyl adjacent to an activating group) is 1. The second-order valence-electron chi connectivity index (χ2n) is 6.22. The lowest BCUT2D eigenvalue weighted by Crippen LogP contribution is -2.29. The summed E-state index contributed by atoms with van der Waals surface area (Å²) in [4.78, 5) is 6.53. The molecule has 0 saturated heterocycles. The number of rotatable bonds is 8. The van der Waals surface area contributed by atoms with Crippen LogP contribution in [0.1, 0.15) is 36.8 Å². The lowest BCUT2D eigenvalue weighted by atomic mass is 9.93. The number of benzene rings is 1. The zero-order chi connectivity index (χ0) is 16.7. The van der Waals surface area contributed by atoms with Crippen molar-refractivity contribution in [3.05, 3.63) is 58.9 Å². The van der Waals surface area contributed by atoms with Gasteiger partial charge in [0.2, 0.25) is 0 Å². The minimum Gasteiger partial charge on any atom is -0.388 e. The molecule has 0 radical (unpaired) electrons. The fourth-order valence-corrected chi connectivity index (χ4v) is 3.13. The Labute approximate surface area is 140 Å². The quantitative estimate of drug-likeness (QED) is 0.733. The van der Waals surface area contributed by atoms with E-state index in [1.54, 1.807) is 0 Å². The first-order chi connectivity index (χ1) is 11.2. The molecule has 0 atom stereocenters. The zero-order valence-electron chi connectivity index (χ0n) is 14.6. The van der Waals surface area contributed by atoms with Crippen LogP contribution in [0.4, 0.5) is 0 Å². The van der Waals surface area contributed by atoms with Crippen molar-refractivity contribution in [2.24, 2.45) is 4.99 Å². The Morgan fingerprint density at radius 3 is 2.57 bits per heavy atom. The summed E-state index contributed by atoms with van der Waals surface area (Å²) in [6.07, 6.45) is 4.74. The lowest BCUT2D eigenvalue weighted by Gasteiger charge is -2.33. The Bertz CT molecular complexity index is 569. The standard InChI is InChI=1S/C20H29N3/c1-16-9-11-18(12-10-16)15-23(14-13-21-3)20-8-6-5-7-19(20)17(2)22-4/h9-12,22H,2-3,5-8,13-15H2,1,4H3. The van der Waals surface area contributed by atoms with Gasteiger partial charge in [0.1, 0.15) is 0 Å². The smallest absolute Gasteiger partial charge is 0.0557 e. The molecule has 124 valence electrons. The van der Waals surface area contributed by atoms with Gasteiger partial charge >= 0.3 is 0 Å². The molecule has 1 aromatic rings. The second-order valence-corrected chi connectivity index (χ2v) is 6.22. The summed E-state index contributed by atoms with van der Waals surface area (Å²) in [7, 11) is 1.96. The maximum absolute atomic E-state index is 4.20. The lowest BCUT2D eigenvalue weighted by molar-refractivity contribution is 0.319. The fraction of sp³-hybridized carbons (Fsp3) is 0.450. The molecular weight excluding hydrogens is 282 g/mol. The molecule has 0 unspecified atom stereocenters. The van der Waals surface area contributed by atoms with Crippen molar-refractivity contribution in [1.29, 1.82) is 0 Å². The van der Waals surface area contributed by atoms with Crippen LogP contribution in [0.5, 0.6) is 0 Å². The van der Waals surface area contributed by atoms with Gasteiger partial charge in [-0.2, -0.15) is 0 Å². The van der Waals surface area contributed by atoms with Gasteiger partial charge in [-0.15, -0.1) is 0 Å². The van der Waals surface area contributed by atoms with Crippen LogP contribution in [-0.4, -0.2) is 31.8 Å². The maximum Gasteiger partial charge on any atom is 0.0557 e. The summed E-state index contributed by atoms with van der Waals surface area (Å²) in [5.41, 5.74) is 6.51. The van der Waals surface area contributed by atoms with Crippen molar-refractivity contribution in [2.45, 2.75) is 39.2 Å². The van der Waals surface area contributed by atoms with Gasteiger partial charge < -0.3 is 10.2 Å². The first-order valence-corrected chi connectivity index (χ1v) is 8.47. The van der Waals surface area contributed by atoms with Crippen molar-refractivity contribution < 1.29 is 0 Å². The number of aryl methyl sites for hydroxylation is 1. The van der Waals surface area contributed by atoms with Gasteiger partial charge in [-0.05, 0) is 50.5 Å². The number of hydrogen-bond acceptors (Lipinski definition) is 3. The molecule has 1 N–H and O–H groups in total. The van der Waals surface area contributed by atoms with Gasteiger partial charge in [0.25, 0.3) is 0 Å². The first-order valence-electron chi connectivity index (χ1n) is 8.47. The van der Waals surface area contributed by atoms with Crippen LogP contribution in [0.25, 0.3) is 0 Å². The highest BCUT2D eigenvalue weighted by Crippen LogP contribution is 2.31. The number of aliphatic imine (C=N–C) groups is 1. The van der Waals surface area contributed by atoms with E-state index >= 15 is 0 Å². The van der Waals surface area contributed by atoms with Crippen LogP contribution < -0.4 is 5.32 Å². The van der Waals surface area contributed by atoms with E-state index in [-0.39, 0.29) is 0 Å². The van der Waals surface area contributed by atoms with Crippen LogP contribution in [0.2, 0.25) is 0 Å². The minimum absolute atomic E-state index is 0.759. The first kappa shape index (κ1) is 17.3. The molecule has 1 aliphatic carbocycles. The Kier molecular flexibility index (Phi) is 6.45. The van der Waals surface area contributed by atoms with Crippen LogP contribution in [0.3, 0.4) is 0 Å². The number of allylic oxidation sites excluding steroid dienone is 2. The zero-order valence-corrected chi connectivity index (χ0v) is 14.6. The average Bonchev–Trinajstić information content (AvgIpc) is 2.59. The van der Waals surface area contributed by atoms with Crippen molar-refractivity contribution >= 4 is 6.72 Å². The van der Waals surface area contributed by atoms with Gasteiger partial charge in [0.15, 0.2) is 0 Å². The molecule has 1 aliphatic rings. The normalized spacial score (nSPS) is 14.5. The highest BCUT2D eigenvalue weighted by molar-refractivity contribution is 5.34. The SMILES string of the molecule is C=NCCN(Cc1ccc(C)cc1)C1=C(C(=C)NC)CCCC1. The Balaban J connectivity index is 2.27. The van der Waals surface area contributed by atoms with E-state index in [0.717, 1.165) is 38.2 Å². The monoisotopic (exact) mass is 311 g/mol. The molecule has 0 aromatic heterocycles. The Morgan fingerprint density at radius 1 is 1.22 bits per heavy atom.